The first-order chi connectivity index (χ1) is 7.63. The van der Waals surface area contributed by atoms with Crippen molar-refractivity contribution in [1.29, 1.82) is 0 Å². The summed E-state index contributed by atoms with van der Waals surface area (Å²) in [6.45, 7) is 1.95. The van der Waals surface area contributed by atoms with E-state index in [1.165, 1.54) is 12.1 Å². The van der Waals surface area contributed by atoms with E-state index in [-0.39, 0.29) is 24.0 Å². The summed E-state index contributed by atoms with van der Waals surface area (Å²) in [4.78, 5) is 1.73. The maximum Gasteiger partial charge on any atom is 0.327 e. The molecule has 4 nitrogen and oxygen atoms in total. The Kier molecular flexibility index (Phi) is 2.68. The molecule has 1 aliphatic heterocycles. The molecule has 5 heteroatoms. The minimum absolute atomic E-state index is 0.0383. The van der Waals surface area contributed by atoms with Crippen LogP contribution in [0.25, 0.3) is 0 Å². The lowest BCUT2D eigenvalue weighted by atomic mass is 10.0. The number of ether oxygens (including phenoxy) is 1. The first kappa shape index (κ1) is 10.7. The van der Waals surface area contributed by atoms with Crippen LogP contribution in [0.15, 0.2) is 29.4 Å². The van der Waals surface area contributed by atoms with Crippen LogP contribution in [0.2, 0.25) is 0 Å². The molecule has 1 N–H and O–H groups in total. The van der Waals surface area contributed by atoms with Gasteiger partial charge in [0.2, 0.25) is 0 Å². The lowest BCUT2D eigenvalue weighted by molar-refractivity contribution is 0.192. The first-order valence-corrected chi connectivity index (χ1v) is 5.00. The normalized spacial score (nSPS) is 27.2. The molecule has 1 aromatic carbocycles. The van der Waals surface area contributed by atoms with Crippen LogP contribution in [-0.4, -0.2) is 29.2 Å². The lowest BCUT2D eigenvalue weighted by Gasteiger charge is -2.16. The van der Waals surface area contributed by atoms with Crippen LogP contribution in [0.3, 0.4) is 0 Å². The molecule has 1 saturated heterocycles. The van der Waals surface area contributed by atoms with E-state index in [4.69, 9.17) is 9.94 Å². The summed E-state index contributed by atoms with van der Waals surface area (Å²) in [7, 11) is 1.78. The van der Waals surface area contributed by atoms with Gasteiger partial charge in [-0.05, 0) is 29.8 Å². The molecule has 0 bridgehead atoms. The van der Waals surface area contributed by atoms with Crippen molar-refractivity contribution in [3.8, 4) is 0 Å². The van der Waals surface area contributed by atoms with Gasteiger partial charge in [-0.15, -0.1) is 0 Å². The molecule has 0 saturated carbocycles. The van der Waals surface area contributed by atoms with Crippen molar-refractivity contribution in [2.45, 2.75) is 19.1 Å². The van der Waals surface area contributed by atoms with Gasteiger partial charge in [-0.2, -0.15) is 0 Å². The Labute approximate surface area is 92.9 Å². The molecule has 0 aliphatic carbocycles. The van der Waals surface area contributed by atoms with Crippen molar-refractivity contribution < 1.29 is 14.3 Å². The number of amidine groups is 1. The van der Waals surface area contributed by atoms with E-state index in [9.17, 15) is 4.39 Å². The Hall–Kier alpha value is -1.78. The molecule has 1 aliphatic rings. The van der Waals surface area contributed by atoms with Gasteiger partial charge in [0.05, 0.1) is 6.04 Å². The number of benzene rings is 1. The minimum atomic E-state index is -0.279. The topological polar surface area (TPSA) is 45.1 Å². The molecule has 1 aromatic rings. The summed E-state index contributed by atoms with van der Waals surface area (Å²) in [6, 6.07) is 6.34. The lowest BCUT2D eigenvalue weighted by Crippen LogP contribution is -2.28. The molecule has 0 spiro atoms. The van der Waals surface area contributed by atoms with Crippen molar-refractivity contribution in [3.05, 3.63) is 35.6 Å². The van der Waals surface area contributed by atoms with Crippen molar-refractivity contribution in [1.82, 2.24) is 4.90 Å². The van der Waals surface area contributed by atoms with Crippen LogP contribution in [0, 0.1) is 5.82 Å². The molecule has 2 unspecified atom stereocenters. The highest BCUT2D eigenvalue weighted by molar-refractivity contribution is 5.75. The molecular weight excluding hydrogens is 211 g/mol. The number of oxime groups is 1. The molecule has 2 atom stereocenters. The maximum atomic E-state index is 12.8. The molecule has 0 radical (unpaired) electrons. The summed E-state index contributed by atoms with van der Waals surface area (Å²) in [5.74, 6) is -0.279. The summed E-state index contributed by atoms with van der Waals surface area (Å²) in [5, 5.41) is 11.8. The number of hydrogen-bond acceptors (Lipinski definition) is 3. The quantitative estimate of drug-likeness (QED) is 0.586. The third-order valence-corrected chi connectivity index (χ3v) is 2.87. The zero-order chi connectivity index (χ0) is 11.7. The van der Waals surface area contributed by atoms with Crippen LogP contribution < -0.4 is 0 Å². The second-order valence-electron chi connectivity index (χ2n) is 3.82. The molecular formula is C11H13FN2O2. The van der Waals surface area contributed by atoms with Gasteiger partial charge < -0.3 is 14.8 Å². The predicted molar refractivity (Wildman–Crippen MR) is 56.7 cm³/mol. The van der Waals surface area contributed by atoms with Crippen molar-refractivity contribution in [3.63, 3.8) is 0 Å². The summed E-state index contributed by atoms with van der Waals surface area (Å²) in [6.07, 6.45) is -0.239. The monoisotopic (exact) mass is 224 g/mol. The number of nitrogens with zero attached hydrogens (tertiary/aromatic N) is 2. The molecule has 1 heterocycles. The zero-order valence-electron chi connectivity index (χ0n) is 9.09. The molecule has 2 rings (SSSR count). The molecule has 0 aromatic heterocycles. The number of rotatable bonds is 1. The minimum Gasteiger partial charge on any atom is -0.453 e. The van der Waals surface area contributed by atoms with Gasteiger partial charge in [-0.1, -0.05) is 12.1 Å². The van der Waals surface area contributed by atoms with E-state index in [1.807, 2.05) is 6.92 Å². The summed E-state index contributed by atoms with van der Waals surface area (Å²) in [5.41, 5.74) is 0.861. The number of likely N-dealkylation sites (N-methyl/N-ethyl adjacent to an activating group) is 1. The third kappa shape index (κ3) is 1.68. The van der Waals surface area contributed by atoms with Gasteiger partial charge in [0.25, 0.3) is 0 Å². The standard InChI is InChI=1S/C11H13FN2O2/c1-7-10(16-11(13-15)14(7)2)8-3-5-9(12)6-4-8/h3-7,10,15H,1-2H3. The van der Waals surface area contributed by atoms with E-state index < -0.39 is 0 Å². The summed E-state index contributed by atoms with van der Waals surface area (Å²) < 4.78 is 18.2. The fourth-order valence-electron chi connectivity index (χ4n) is 1.77. The van der Waals surface area contributed by atoms with Crippen molar-refractivity contribution in [2.75, 3.05) is 7.05 Å². The van der Waals surface area contributed by atoms with E-state index in [2.05, 4.69) is 5.16 Å². The fraction of sp³-hybridized carbons (Fsp3) is 0.364. The Morgan fingerprint density at radius 1 is 1.38 bits per heavy atom. The van der Waals surface area contributed by atoms with Crippen LogP contribution in [0.1, 0.15) is 18.6 Å². The average molecular weight is 224 g/mol. The average Bonchev–Trinajstić information content (AvgIpc) is 2.57. The summed E-state index contributed by atoms with van der Waals surface area (Å²) >= 11 is 0. The molecule has 86 valence electrons. The largest absolute Gasteiger partial charge is 0.453 e. The maximum absolute atomic E-state index is 12.8. The van der Waals surface area contributed by atoms with Gasteiger partial charge >= 0.3 is 6.02 Å². The van der Waals surface area contributed by atoms with E-state index >= 15 is 0 Å². The van der Waals surface area contributed by atoms with E-state index in [0.29, 0.717) is 0 Å². The van der Waals surface area contributed by atoms with Crippen LogP contribution >= 0.6 is 0 Å². The SMILES string of the molecule is CC1C(c2ccc(F)cc2)OC(=NO)N1C. The van der Waals surface area contributed by atoms with Gasteiger partial charge in [-0.3, -0.25) is 0 Å². The van der Waals surface area contributed by atoms with Gasteiger partial charge in [0, 0.05) is 7.05 Å². The Bertz CT molecular complexity index is 405. The highest BCUT2D eigenvalue weighted by Gasteiger charge is 2.36. The van der Waals surface area contributed by atoms with Crippen LogP contribution in [0.4, 0.5) is 4.39 Å². The Balaban J connectivity index is 2.26. The Morgan fingerprint density at radius 3 is 2.50 bits per heavy atom. The zero-order valence-corrected chi connectivity index (χ0v) is 9.09. The third-order valence-electron chi connectivity index (χ3n) is 2.87. The van der Waals surface area contributed by atoms with Gasteiger partial charge in [-0.25, -0.2) is 4.39 Å². The second kappa shape index (κ2) is 4.00. The molecule has 16 heavy (non-hydrogen) atoms. The fourth-order valence-corrected chi connectivity index (χ4v) is 1.77. The number of hydrogen-bond donors (Lipinski definition) is 1. The molecule has 1 fully saturated rings. The van der Waals surface area contributed by atoms with Crippen LogP contribution in [-0.2, 0) is 4.74 Å². The Morgan fingerprint density at radius 2 is 2.00 bits per heavy atom. The smallest absolute Gasteiger partial charge is 0.327 e. The highest BCUT2D eigenvalue weighted by Crippen LogP contribution is 2.31. The van der Waals surface area contributed by atoms with Crippen molar-refractivity contribution >= 4 is 6.02 Å². The van der Waals surface area contributed by atoms with Gasteiger partial charge in [0.15, 0.2) is 0 Å². The van der Waals surface area contributed by atoms with Crippen LogP contribution in [0.5, 0.6) is 0 Å². The number of halogens is 1. The van der Waals surface area contributed by atoms with E-state index in [0.717, 1.165) is 5.56 Å². The first-order valence-electron chi connectivity index (χ1n) is 5.00. The molecule has 0 amide bonds. The predicted octanol–water partition coefficient (Wildman–Crippen LogP) is 1.96. The van der Waals surface area contributed by atoms with Crippen molar-refractivity contribution in [2.24, 2.45) is 5.16 Å². The second-order valence-corrected chi connectivity index (χ2v) is 3.82. The van der Waals surface area contributed by atoms with Gasteiger partial charge in [0.1, 0.15) is 11.9 Å². The highest BCUT2D eigenvalue weighted by atomic mass is 19.1. The van der Waals surface area contributed by atoms with E-state index in [1.54, 1.807) is 24.1 Å².